The Balaban J connectivity index is 2.13. The van der Waals surface area contributed by atoms with Crippen LogP contribution in [0.5, 0.6) is 0 Å². The van der Waals surface area contributed by atoms with Gasteiger partial charge in [-0.15, -0.1) is 10.2 Å². The molecule has 1 aliphatic rings. The van der Waals surface area contributed by atoms with Gasteiger partial charge in [-0.2, -0.15) is 0 Å². The van der Waals surface area contributed by atoms with Crippen LogP contribution in [0, 0.1) is 0 Å². The van der Waals surface area contributed by atoms with Gasteiger partial charge in [0.15, 0.2) is 11.5 Å². The third-order valence-corrected chi connectivity index (χ3v) is 3.16. The van der Waals surface area contributed by atoms with Crippen molar-refractivity contribution in [1.82, 2.24) is 15.5 Å². The smallest absolute Gasteiger partial charge is 0.358 e. The zero-order valence-electron chi connectivity index (χ0n) is 10.7. The molecule has 6 nitrogen and oxygen atoms in total. The fourth-order valence-corrected chi connectivity index (χ4v) is 2.20. The van der Waals surface area contributed by atoms with E-state index in [1.54, 1.807) is 6.07 Å². The average molecular weight is 250 g/mol. The molecule has 98 valence electrons. The second-order valence-electron chi connectivity index (χ2n) is 4.20. The Kier molecular flexibility index (Phi) is 4.09. The molecule has 0 radical (unpaired) electrons. The maximum Gasteiger partial charge on any atom is 0.358 e. The lowest BCUT2D eigenvalue weighted by Gasteiger charge is -2.27. The van der Waals surface area contributed by atoms with Crippen LogP contribution in [0.1, 0.15) is 23.8 Å². The second-order valence-corrected chi connectivity index (χ2v) is 4.20. The van der Waals surface area contributed by atoms with E-state index in [-0.39, 0.29) is 5.69 Å². The molecule has 6 heteroatoms. The van der Waals surface area contributed by atoms with Gasteiger partial charge in [-0.3, -0.25) is 0 Å². The lowest BCUT2D eigenvalue weighted by molar-refractivity contribution is 0.0592. The number of nitrogens with one attached hydrogen (secondary N) is 1. The standard InChI is InChI=1S/C12H18N4O2/c1-3-16(9-6-7-13-8-9)11-5-4-10(14-15-11)12(17)18-2/h4-5,9,13H,3,6-8H2,1-2H3. The van der Waals surface area contributed by atoms with Gasteiger partial charge in [-0.25, -0.2) is 4.79 Å². The highest BCUT2D eigenvalue weighted by molar-refractivity contribution is 5.86. The fraction of sp³-hybridized carbons (Fsp3) is 0.583. The highest BCUT2D eigenvalue weighted by Crippen LogP contribution is 2.17. The normalized spacial score (nSPS) is 18.7. The number of ether oxygens (including phenoxy) is 1. The summed E-state index contributed by atoms with van der Waals surface area (Å²) in [5.41, 5.74) is 0.238. The summed E-state index contributed by atoms with van der Waals surface area (Å²) in [6.45, 7) is 4.97. The van der Waals surface area contributed by atoms with Crippen LogP contribution in [0.4, 0.5) is 5.82 Å². The zero-order valence-corrected chi connectivity index (χ0v) is 10.7. The number of esters is 1. The minimum atomic E-state index is -0.459. The van der Waals surface area contributed by atoms with Gasteiger partial charge in [0.2, 0.25) is 0 Å². The number of carbonyl (C=O) groups is 1. The predicted octanol–water partition coefficient (Wildman–Crippen LogP) is 0.451. The Labute approximate surface area is 106 Å². The number of nitrogens with zero attached hydrogens (tertiary/aromatic N) is 3. The number of hydrogen-bond acceptors (Lipinski definition) is 6. The Morgan fingerprint density at radius 2 is 2.39 bits per heavy atom. The van der Waals surface area contributed by atoms with E-state index in [9.17, 15) is 4.79 Å². The van der Waals surface area contributed by atoms with Crippen LogP contribution in [0.3, 0.4) is 0 Å². The van der Waals surface area contributed by atoms with Crippen LogP contribution in [0.2, 0.25) is 0 Å². The van der Waals surface area contributed by atoms with Crippen molar-refractivity contribution < 1.29 is 9.53 Å². The van der Waals surface area contributed by atoms with Crippen molar-refractivity contribution in [2.45, 2.75) is 19.4 Å². The third-order valence-electron chi connectivity index (χ3n) is 3.16. The zero-order chi connectivity index (χ0) is 13.0. The summed E-state index contributed by atoms with van der Waals surface area (Å²) < 4.78 is 4.60. The van der Waals surface area contributed by atoms with Gasteiger partial charge >= 0.3 is 5.97 Å². The lowest BCUT2D eigenvalue weighted by Crippen LogP contribution is -2.37. The molecule has 0 bridgehead atoms. The van der Waals surface area contributed by atoms with Gasteiger partial charge in [-0.1, -0.05) is 0 Å². The Morgan fingerprint density at radius 3 is 2.89 bits per heavy atom. The molecule has 1 saturated heterocycles. The van der Waals surface area contributed by atoms with E-state index in [0.29, 0.717) is 6.04 Å². The van der Waals surface area contributed by atoms with E-state index in [2.05, 4.69) is 32.1 Å². The molecule has 2 rings (SSSR count). The van der Waals surface area contributed by atoms with Crippen LogP contribution in [0.25, 0.3) is 0 Å². The van der Waals surface area contributed by atoms with Crippen LogP contribution >= 0.6 is 0 Å². The Bertz CT molecular complexity index is 401. The molecule has 1 unspecified atom stereocenters. The molecular weight excluding hydrogens is 232 g/mol. The number of aromatic nitrogens is 2. The van der Waals surface area contributed by atoms with Crippen LogP contribution in [-0.4, -0.2) is 49.0 Å². The Morgan fingerprint density at radius 1 is 1.56 bits per heavy atom. The summed E-state index contributed by atoms with van der Waals surface area (Å²) in [7, 11) is 1.33. The van der Waals surface area contributed by atoms with Crippen molar-refractivity contribution >= 4 is 11.8 Å². The molecule has 18 heavy (non-hydrogen) atoms. The monoisotopic (exact) mass is 250 g/mol. The summed E-state index contributed by atoms with van der Waals surface area (Å²) in [5, 5.41) is 11.3. The van der Waals surface area contributed by atoms with E-state index < -0.39 is 5.97 Å². The molecule has 1 N–H and O–H groups in total. The number of methoxy groups -OCH3 is 1. The maximum absolute atomic E-state index is 11.3. The molecule has 0 aromatic carbocycles. The van der Waals surface area contributed by atoms with E-state index >= 15 is 0 Å². The minimum absolute atomic E-state index is 0.238. The highest BCUT2D eigenvalue weighted by Gasteiger charge is 2.22. The molecule has 0 saturated carbocycles. The molecular formula is C12H18N4O2. The third kappa shape index (κ3) is 2.59. The fourth-order valence-electron chi connectivity index (χ4n) is 2.20. The van der Waals surface area contributed by atoms with E-state index in [4.69, 9.17) is 0 Å². The molecule has 0 amide bonds. The van der Waals surface area contributed by atoms with Crippen LogP contribution in [0.15, 0.2) is 12.1 Å². The molecule has 1 fully saturated rings. The molecule has 0 spiro atoms. The van der Waals surface area contributed by atoms with Crippen LogP contribution in [-0.2, 0) is 4.74 Å². The van der Waals surface area contributed by atoms with Gasteiger partial charge < -0.3 is 15.0 Å². The average Bonchev–Trinajstić information content (AvgIpc) is 2.93. The minimum Gasteiger partial charge on any atom is -0.464 e. The quantitative estimate of drug-likeness (QED) is 0.783. The van der Waals surface area contributed by atoms with Crippen LogP contribution < -0.4 is 10.2 Å². The molecule has 1 aliphatic heterocycles. The highest BCUT2D eigenvalue weighted by atomic mass is 16.5. The first-order chi connectivity index (χ1) is 8.76. The number of carbonyl (C=O) groups excluding carboxylic acids is 1. The van der Waals surface area contributed by atoms with Crippen molar-refractivity contribution in [2.24, 2.45) is 0 Å². The topological polar surface area (TPSA) is 67.4 Å². The first-order valence-electron chi connectivity index (χ1n) is 6.15. The number of anilines is 1. The van der Waals surface area contributed by atoms with Crippen molar-refractivity contribution in [3.63, 3.8) is 0 Å². The summed E-state index contributed by atoms with van der Waals surface area (Å²) in [6.07, 6.45) is 1.11. The van der Waals surface area contributed by atoms with Gasteiger partial charge in [-0.05, 0) is 32.0 Å². The van der Waals surface area contributed by atoms with Crippen molar-refractivity contribution in [3.05, 3.63) is 17.8 Å². The predicted molar refractivity (Wildman–Crippen MR) is 67.7 cm³/mol. The van der Waals surface area contributed by atoms with Gasteiger partial charge in [0, 0.05) is 19.1 Å². The molecule has 1 aromatic rings. The van der Waals surface area contributed by atoms with Gasteiger partial charge in [0.1, 0.15) is 0 Å². The SMILES string of the molecule is CCN(c1ccc(C(=O)OC)nn1)C1CCNC1. The van der Waals surface area contributed by atoms with E-state index in [0.717, 1.165) is 31.9 Å². The van der Waals surface area contributed by atoms with Gasteiger partial charge in [0.25, 0.3) is 0 Å². The number of hydrogen-bond donors (Lipinski definition) is 1. The number of likely N-dealkylation sites (N-methyl/N-ethyl adjacent to an activating group) is 1. The summed E-state index contributed by atoms with van der Waals surface area (Å²) in [4.78, 5) is 13.5. The summed E-state index contributed by atoms with van der Waals surface area (Å²) >= 11 is 0. The van der Waals surface area contributed by atoms with Crippen molar-refractivity contribution in [1.29, 1.82) is 0 Å². The molecule has 2 heterocycles. The largest absolute Gasteiger partial charge is 0.464 e. The van der Waals surface area contributed by atoms with Crippen molar-refractivity contribution in [2.75, 3.05) is 31.6 Å². The molecule has 0 aliphatic carbocycles. The first-order valence-corrected chi connectivity index (χ1v) is 6.15. The Hall–Kier alpha value is -1.69. The van der Waals surface area contributed by atoms with Gasteiger partial charge in [0.05, 0.1) is 7.11 Å². The second kappa shape index (κ2) is 5.77. The number of rotatable bonds is 4. The molecule has 1 aromatic heterocycles. The first kappa shape index (κ1) is 12.8. The summed E-state index contributed by atoms with van der Waals surface area (Å²) in [6, 6.07) is 3.92. The van der Waals surface area contributed by atoms with Crippen molar-refractivity contribution in [3.8, 4) is 0 Å². The van der Waals surface area contributed by atoms with E-state index in [1.807, 2.05) is 6.07 Å². The maximum atomic E-state index is 11.3. The molecule has 1 atom stereocenters. The lowest BCUT2D eigenvalue weighted by atomic mass is 10.2. The van der Waals surface area contributed by atoms with E-state index in [1.165, 1.54) is 7.11 Å². The summed E-state index contributed by atoms with van der Waals surface area (Å²) in [5.74, 6) is 0.346.